The Kier molecular flexibility index (Phi) is 6.23. The molecule has 0 N–H and O–H groups in total. The van der Waals surface area contributed by atoms with Crippen LogP contribution >= 0.6 is 11.6 Å². The highest BCUT2D eigenvalue weighted by Gasteiger charge is 2.56. The maximum absolute atomic E-state index is 14.0. The van der Waals surface area contributed by atoms with E-state index >= 15 is 0 Å². The molecule has 2 unspecified atom stereocenters. The van der Waals surface area contributed by atoms with E-state index in [0.717, 1.165) is 50.8 Å². The van der Waals surface area contributed by atoms with Crippen LogP contribution in [0.5, 0.6) is 0 Å². The summed E-state index contributed by atoms with van der Waals surface area (Å²) < 4.78 is 1.95. The van der Waals surface area contributed by atoms with Gasteiger partial charge >= 0.3 is 0 Å². The summed E-state index contributed by atoms with van der Waals surface area (Å²) in [5.41, 5.74) is -0.687. The van der Waals surface area contributed by atoms with Gasteiger partial charge < -0.3 is 9.47 Å². The summed E-state index contributed by atoms with van der Waals surface area (Å²) in [5.74, 6) is 0.267. The lowest BCUT2D eigenvalue weighted by Crippen LogP contribution is -2.47. The molecular formula is C26H31ClN4O3. The van der Waals surface area contributed by atoms with Gasteiger partial charge in [-0.25, -0.2) is 4.98 Å². The Balaban J connectivity index is 1.51. The van der Waals surface area contributed by atoms with Crippen LogP contribution in [-0.4, -0.2) is 49.7 Å². The Labute approximate surface area is 205 Å². The molecule has 1 aromatic heterocycles. The first kappa shape index (κ1) is 23.1. The maximum atomic E-state index is 14.0. The van der Waals surface area contributed by atoms with Crippen LogP contribution in [0.15, 0.2) is 36.7 Å². The summed E-state index contributed by atoms with van der Waals surface area (Å²) in [6.45, 7) is 0.615. The fourth-order valence-corrected chi connectivity index (χ4v) is 6.46. The number of aryl methyl sites for hydroxylation is 1. The topological polar surface area (TPSA) is 75.5 Å². The van der Waals surface area contributed by atoms with E-state index in [1.807, 2.05) is 28.8 Å². The zero-order valence-electron chi connectivity index (χ0n) is 19.6. The molecule has 3 amide bonds. The van der Waals surface area contributed by atoms with Crippen molar-refractivity contribution in [2.75, 3.05) is 6.54 Å². The molecule has 2 saturated heterocycles. The lowest BCUT2D eigenvalue weighted by molar-refractivity contribution is -0.145. The smallest absolute Gasteiger partial charge is 0.241 e. The highest BCUT2D eigenvalue weighted by atomic mass is 35.5. The Bertz CT molecular complexity index is 1110. The lowest BCUT2D eigenvalue weighted by atomic mass is 9.75. The van der Waals surface area contributed by atoms with Gasteiger partial charge in [0.25, 0.3) is 0 Å². The first-order valence-electron chi connectivity index (χ1n) is 12.3. The minimum absolute atomic E-state index is 0.0152. The molecule has 8 heteroatoms. The highest BCUT2D eigenvalue weighted by molar-refractivity contribution is 6.32. The molecule has 180 valence electrons. The number of hydrogen-bond donors (Lipinski definition) is 0. The quantitative estimate of drug-likeness (QED) is 0.600. The average Bonchev–Trinajstić information content (AvgIpc) is 3.55. The number of piperidine rings is 1. The van der Waals surface area contributed by atoms with Crippen LogP contribution in [-0.2, 0) is 26.8 Å². The minimum atomic E-state index is -1.27. The summed E-state index contributed by atoms with van der Waals surface area (Å²) >= 11 is 6.59. The molecule has 1 saturated carbocycles. The van der Waals surface area contributed by atoms with Gasteiger partial charge in [-0.1, -0.05) is 42.6 Å². The fourth-order valence-electron chi connectivity index (χ4n) is 6.14. The Morgan fingerprint density at radius 2 is 1.85 bits per heavy atom. The number of imidazole rings is 1. The first-order chi connectivity index (χ1) is 16.4. The molecule has 1 aromatic carbocycles. The molecule has 3 aliphatic rings. The molecule has 2 aromatic rings. The summed E-state index contributed by atoms with van der Waals surface area (Å²) in [7, 11) is 1.93. The van der Waals surface area contributed by atoms with E-state index < -0.39 is 5.41 Å². The number of amides is 3. The molecule has 1 aliphatic carbocycles. The van der Waals surface area contributed by atoms with Gasteiger partial charge in [-0.05, 0) is 43.7 Å². The second kappa shape index (κ2) is 9.17. The van der Waals surface area contributed by atoms with Gasteiger partial charge in [0.2, 0.25) is 17.7 Å². The number of hydrogen-bond acceptors (Lipinski definition) is 4. The molecule has 34 heavy (non-hydrogen) atoms. The van der Waals surface area contributed by atoms with E-state index in [9.17, 15) is 14.4 Å². The van der Waals surface area contributed by atoms with Crippen LogP contribution in [0, 0.1) is 0 Å². The Hall–Kier alpha value is -2.67. The van der Waals surface area contributed by atoms with Crippen molar-refractivity contribution in [1.29, 1.82) is 0 Å². The van der Waals surface area contributed by atoms with Gasteiger partial charge in [0.15, 0.2) is 0 Å². The van der Waals surface area contributed by atoms with Gasteiger partial charge in [-0.3, -0.25) is 19.3 Å². The van der Waals surface area contributed by atoms with Crippen LogP contribution in [0.3, 0.4) is 0 Å². The summed E-state index contributed by atoms with van der Waals surface area (Å²) in [5, 5.41) is 0.420. The predicted molar refractivity (Wildman–Crippen MR) is 128 cm³/mol. The number of carbonyl (C=O) groups is 3. The standard InChI is InChI=1S/C26H31ClN4O3/c1-29-15-13-28-24(29)21-12-6-7-14-30(21)22(32)16-26(19-10-4-5-11-20(19)27)17-23(33)31(25(26)34)18-8-2-3-9-18/h4-5,10-11,13,15,18,21H,2-3,6-9,12,14,16-17H2,1H3. The molecule has 0 bridgehead atoms. The SMILES string of the molecule is Cn1ccnc1C1CCCCN1C(=O)CC1(c2ccccc2Cl)CC(=O)N(C2CCCC2)C1=O. The van der Waals surface area contributed by atoms with E-state index in [1.54, 1.807) is 24.4 Å². The molecule has 0 radical (unpaired) electrons. The maximum Gasteiger partial charge on any atom is 0.241 e. The van der Waals surface area contributed by atoms with Gasteiger partial charge in [0.05, 0.1) is 11.5 Å². The summed E-state index contributed by atoms with van der Waals surface area (Å²) in [6.07, 6.45) is 10.00. The minimum Gasteiger partial charge on any atom is -0.336 e. The van der Waals surface area contributed by atoms with Crippen molar-refractivity contribution >= 4 is 29.3 Å². The molecule has 3 fully saturated rings. The van der Waals surface area contributed by atoms with Gasteiger partial charge in [-0.2, -0.15) is 0 Å². The number of rotatable bonds is 5. The van der Waals surface area contributed by atoms with Crippen molar-refractivity contribution in [3.63, 3.8) is 0 Å². The van der Waals surface area contributed by atoms with Crippen LogP contribution in [0.2, 0.25) is 5.02 Å². The molecule has 2 atom stereocenters. The van der Waals surface area contributed by atoms with Crippen molar-refractivity contribution in [1.82, 2.24) is 19.4 Å². The van der Waals surface area contributed by atoms with E-state index in [0.29, 0.717) is 17.1 Å². The van der Waals surface area contributed by atoms with Crippen molar-refractivity contribution in [2.45, 2.75) is 75.3 Å². The molecule has 5 rings (SSSR count). The second-order valence-corrected chi connectivity index (χ2v) is 10.3. The van der Waals surface area contributed by atoms with Gasteiger partial charge in [-0.15, -0.1) is 0 Å². The summed E-state index contributed by atoms with van der Waals surface area (Å²) in [4.78, 5) is 49.0. The number of carbonyl (C=O) groups excluding carboxylic acids is 3. The number of imide groups is 1. The zero-order valence-corrected chi connectivity index (χ0v) is 20.3. The number of aromatic nitrogens is 2. The number of likely N-dealkylation sites (tertiary alicyclic amines) is 2. The monoisotopic (exact) mass is 482 g/mol. The zero-order chi connectivity index (χ0) is 23.9. The van der Waals surface area contributed by atoms with E-state index in [1.165, 1.54) is 4.90 Å². The van der Waals surface area contributed by atoms with Crippen LogP contribution in [0.4, 0.5) is 0 Å². The van der Waals surface area contributed by atoms with Gasteiger partial charge in [0, 0.05) is 49.9 Å². The Morgan fingerprint density at radius 1 is 1.12 bits per heavy atom. The molecule has 0 spiro atoms. The van der Waals surface area contributed by atoms with Crippen molar-refractivity contribution in [3.8, 4) is 0 Å². The number of halogens is 1. The van der Waals surface area contributed by atoms with Crippen LogP contribution in [0.25, 0.3) is 0 Å². The van der Waals surface area contributed by atoms with E-state index in [-0.39, 0.29) is 42.6 Å². The fraction of sp³-hybridized carbons (Fsp3) is 0.538. The second-order valence-electron chi connectivity index (χ2n) is 9.92. The molecular weight excluding hydrogens is 452 g/mol. The third kappa shape index (κ3) is 3.84. The highest BCUT2D eigenvalue weighted by Crippen LogP contribution is 2.46. The first-order valence-corrected chi connectivity index (χ1v) is 12.7. The van der Waals surface area contributed by atoms with Gasteiger partial charge in [0.1, 0.15) is 5.82 Å². The van der Waals surface area contributed by atoms with Crippen molar-refractivity contribution < 1.29 is 14.4 Å². The van der Waals surface area contributed by atoms with E-state index in [4.69, 9.17) is 11.6 Å². The lowest BCUT2D eigenvalue weighted by Gasteiger charge is -2.38. The largest absolute Gasteiger partial charge is 0.336 e. The third-order valence-corrected chi connectivity index (χ3v) is 8.19. The van der Waals surface area contributed by atoms with Crippen molar-refractivity contribution in [3.05, 3.63) is 53.1 Å². The Morgan fingerprint density at radius 3 is 2.56 bits per heavy atom. The predicted octanol–water partition coefficient (Wildman–Crippen LogP) is 4.16. The van der Waals surface area contributed by atoms with Crippen LogP contribution < -0.4 is 0 Å². The molecule has 7 nitrogen and oxygen atoms in total. The van der Waals surface area contributed by atoms with E-state index in [2.05, 4.69) is 4.98 Å². The number of nitrogens with zero attached hydrogens (tertiary/aromatic N) is 4. The molecule has 2 aliphatic heterocycles. The summed E-state index contributed by atoms with van der Waals surface area (Å²) in [6, 6.07) is 6.94. The normalized spacial score (nSPS) is 26.0. The van der Waals surface area contributed by atoms with Crippen LogP contribution in [0.1, 0.15) is 75.2 Å². The van der Waals surface area contributed by atoms with Crippen molar-refractivity contribution in [2.24, 2.45) is 7.05 Å². The number of benzene rings is 1. The third-order valence-electron chi connectivity index (χ3n) is 7.86. The molecule has 3 heterocycles. The average molecular weight is 483 g/mol.